The highest BCUT2D eigenvalue weighted by atomic mass is 32.2. The van der Waals surface area contributed by atoms with Gasteiger partial charge in [-0.3, -0.25) is 0 Å². The standard InChI is InChI=1S/C17H27NO3S/c1-15-6-3-7-16(12-15)22(20,21)11-5-10-18-9-4-8-17(2,13-18)14-19/h3,6-7,12,19H,4-5,8-11,13-14H2,1-2H3/t17-/m1/s1. The highest BCUT2D eigenvalue weighted by Crippen LogP contribution is 2.28. The fourth-order valence-electron chi connectivity index (χ4n) is 3.15. The van der Waals surface area contributed by atoms with Crippen molar-refractivity contribution in [3.8, 4) is 0 Å². The SMILES string of the molecule is Cc1cccc(S(=O)(=O)CCCN2CCC[C@@](C)(CO)C2)c1. The molecule has 0 radical (unpaired) electrons. The monoisotopic (exact) mass is 325 g/mol. The minimum Gasteiger partial charge on any atom is -0.396 e. The van der Waals surface area contributed by atoms with Gasteiger partial charge in [0.2, 0.25) is 0 Å². The van der Waals surface area contributed by atoms with E-state index in [2.05, 4.69) is 11.8 Å². The molecule has 1 N–H and O–H groups in total. The van der Waals surface area contributed by atoms with Gasteiger partial charge in [-0.05, 0) is 57.0 Å². The summed E-state index contributed by atoms with van der Waals surface area (Å²) in [5.74, 6) is 0.183. The molecule has 5 heteroatoms. The number of rotatable bonds is 6. The average Bonchev–Trinajstić information content (AvgIpc) is 2.47. The van der Waals surface area contributed by atoms with Gasteiger partial charge in [0.15, 0.2) is 9.84 Å². The lowest BCUT2D eigenvalue weighted by molar-refractivity contribution is 0.0468. The molecule has 4 nitrogen and oxygen atoms in total. The number of aliphatic hydroxyl groups excluding tert-OH is 1. The van der Waals surface area contributed by atoms with E-state index in [-0.39, 0.29) is 17.8 Å². The minimum absolute atomic E-state index is 0.0341. The van der Waals surface area contributed by atoms with Crippen molar-refractivity contribution in [3.63, 3.8) is 0 Å². The Morgan fingerprint density at radius 2 is 2.14 bits per heavy atom. The Bertz CT molecular complexity index is 600. The minimum atomic E-state index is -3.19. The van der Waals surface area contributed by atoms with Gasteiger partial charge in [-0.1, -0.05) is 19.1 Å². The second-order valence-electron chi connectivity index (χ2n) is 6.84. The predicted molar refractivity (Wildman–Crippen MR) is 88.7 cm³/mol. The second-order valence-corrected chi connectivity index (χ2v) is 8.95. The summed E-state index contributed by atoms with van der Waals surface area (Å²) in [6.07, 6.45) is 2.75. The Morgan fingerprint density at radius 1 is 1.36 bits per heavy atom. The molecule has 1 fully saturated rings. The predicted octanol–water partition coefficient (Wildman–Crippen LogP) is 2.25. The number of hydrogen-bond acceptors (Lipinski definition) is 4. The molecular weight excluding hydrogens is 298 g/mol. The summed E-state index contributed by atoms with van der Waals surface area (Å²) >= 11 is 0. The molecule has 2 rings (SSSR count). The van der Waals surface area contributed by atoms with Crippen LogP contribution in [0.1, 0.15) is 31.7 Å². The Labute approximate surface area is 134 Å². The van der Waals surface area contributed by atoms with E-state index in [0.717, 1.165) is 38.0 Å². The van der Waals surface area contributed by atoms with Crippen molar-refractivity contribution in [1.29, 1.82) is 0 Å². The molecule has 0 spiro atoms. The average molecular weight is 325 g/mol. The first-order valence-corrected chi connectivity index (χ1v) is 9.63. The molecule has 0 saturated carbocycles. The molecular formula is C17H27NO3S. The molecule has 1 aromatic carbocycles. The van der Waals surface area contributed by atoms with Crippen molar-refractivity contribution >= 4 is 9.84 Å². The first kappa shape index (κ1) is 17.4. The van der Waals surface area contributed by atoms with Crippen LogP contribution in [0.2, 0.25) is 0 Å². The van der Waals surface area contributed by atoms with Gasteiger partial charge < -0.3 is 10.0 Å². The summed E-state index contributed by atoms with van der Waals surface area (Å²) in [5.41, 5.74) is 0.934. The van der Waals surface area contributed by atoms with Crippen LogP contribution in [0.3, 0.4) is 0 Å². The van der Waals surface area contributed by atoms with Gasteiger partial charge in [0.1, 0.15) is 0 Å². The third kappa shape index (κ3) is 4.54. The number of benzene rings is 1. The molecule has 1 atom stereocenters. The van der Waals surface area contributed by atoms with Gasteiger partial charge in [0.25, 0.3) is 0 Å². The number of nitrogens with zero attached hydrogens (tertiary/aromatic N) is 1. The highest BCUT2D eigenvalue weighted by molar-refractivity contribution is 7.91. The van der Waals surface area contributed by atoms with Gasteiger partial charge in [0.05, 0.1) is 10.6 Å². The normalized spacial score (nSPS) is 23.6. The van der Waals surface area contributed by atoms with E-state index in [1.807, 2.05) is 13.0 Å². The first-order chi connectivity index (χ1) is 10.3. The third-order valence-electron chi connectivity index (χ3n) is 4.48. The van der Waals surface area contributed by atoms with Crippen LogP contribution in [0.4, 0.5) is 0 Å². The Morgan fingerprint density at radius 3 is 2.82 bits per heavy atom. The molecule has 0 aromatic heterocycles. The zero-order chi connectivity index (χ0) is 16.2. The van der Waals surface area contributed by atoms with E-state index in [9.17, 15) is 13.5 Å². The lowest BCUT2D eigenvalue weighted by Gasteiger charge is -2.39. The smallest absolute Gasteiger partial charge is 0.178 e. The van der Waals surface area contributed by atoms with E-state index in [4.69, 9.17) is 0 Å². The number of hydrogen-bond donors (Lipinski definition) is 1. The molecule has 0 amide bonds. The van der Waals surface area contributed by atoms with Gasteiger partial charge in [-0.15, -0.1) is 0 Å². The molecule has 1 aromatic rings. The largest absolute Gasteiger partial charge is 0.396 e. The van der Waals surface area contributed by atoms with Gasteiger partial charge in [0, 0.05) is 18.6 Å². The van der Waals surface area contributed by atoms with Crippen LogP contribution in [-0.2, 0) is 9.84 Å². The van der Waals surface area contributed by atoms with Gasteiger partial charge in [-0.25, -0.2) is 8.42 Å². The summed E-state index contributed by atoms with van der Waals surface area (Å²) in [6.45, 7) is 6.84. The molecule has 0 bridgehead atoms. The zero-order valence-electron chi connectivity index (χ0n) is 13.6. The maximum Gasteiger partial charge on any atom is 0.178 e. The van der Waals surface area contributed by atoms with Crippen LogP contribution in [0.25, 0.3) is 0 Å². The molecule has 0 unspecified atom stereocenters. The van der Waals surface area contributed by atoms with Crippen molar-refractivity contribution in [2.45, 2.75) is 38.0 Å². The van der Waals surface area contributed by atoms with Crippen LogP contribution in [0.5, 0.6) is 0 Å². The molecule has 124 valence electrons. The van der Waals surface area contributed by atoms with E-state index in [1.165, 1.54) is 0 Å². The summed E-state index contributed by atoms with van der Waals surface area (Å²) in [5, 5.41) is 9.47. The maximum absolute atomic E-state index is 12.4. The van der Waals surface area contributed by atoms with Crippen LogP contribution in [-0.4, -0.2) is 50.4 Å². The molecule has 22 heavy (non-hydrogen) atoms. The lowest BCUT2D eigenvalue weighted by Crippen LogP contribution is -2.44. The summed E-state index contributed by atoms with van der Waals surface area (Å²) < 4.78 is 24.7. The van der Waals surface area contributed by atoms with Crippen molar-refractivity contribution in [1.82, 2.24) is 4.90 Å². The Balaban J connectivity index is 1.88. The number of likely N-dealkylation sites (tertiary alicyclic amines) is 1. The Hall–Kier alpha value is -0.910. The molecule has 1 saturated heterocycles. The molecule has 1 aliphatic heterocycles. The molecule has 1 heterocycles. The van der Waals surface area contributed by atoms with Crippen LogP contribution in [0, 0.1) is 12.3 Å². The number of sulfone groups is 1. The lowest BCUT2D eigenvalue weighted by atomic mass is 9.83. The van der Waals surface area contributed by atoms with Crippen LogP contribution < -0.4 is 0 Å². The zero-order valence-corrected chi connectivity index (χ0v) is 14.4. The van der Waals surface area contributed by atoms with Crippen LogP contribution >= 0.6 is 0 Å². The van der Waals surface area contributed by atoms with Crippen molar-refractivity contribution in [2.24, 2.45) is 5.41 Å². The molecule has 0 aliphatic carbocycles. The summed E-state index contributed by atoms with van der Waals surface area (Å²) in [6, 6.07) is 7.10. The van der Waals surface area contributed by atoms with Crippen molar-refractivity contribution in [3.05, 3.63) is 29.8 Å². The summed E-state index contributed by atoms with van der Waals surface area (Å²) in [4.78, 5) is 2.71. The van der Waals surface area contributed by atoms with Crippen molar-refractivity contribution < 1.29 is 13.5 Å². The molecule has 1 aliphatic rings. The first-order valence-electron chi connectivity index (χ1n) is 7.97. The van der Waals surface area contributed by atoms with Gasteiger partial charge >= 0.3 is 0 Å². The number of aliphatic hydroxyl groups is 1. The summed E-state index contributed by atoms with van der Waals surface area (Å²) in [7, 11) is -3.19. The third-order valence-corrected chi connectivity index (χ3v) is 6.28. The second kappa shape index (κ2) is 7.11. The number of aryl methyl sites for hydroxylation is 1. The van der Waals surface area contributed by atoms with Crippen molar-refractivity contribution in [2.75, 3.05) is 32.0 Å². The van der Waals surface area contributed by atoms with Gasteiger partial charge in [-0.2, -0.15) is 0 Å². The Kier molecular flexibility index (Phi) is 5.64. The fraction of sp³-hybridized carbons (Fsp3) is 0.647. The maximum atomic E-state index is 12.4. The topological polar surface area (TPSA) is 57.6 Å². The van der Waals surface area contributed by atoms with Crippen LogP contribution in [0.15, 0.2) is 29.2 Å². The van der Waals surface area contributed by atoms with E-state index in [1.54, 1.807) is 18.2 Å². The van der Waals surface area contributed by atoms with E-state index < -0.39 is 9.84 Å². The van der Waals surface area contributed by atoms with E-state index >= 15 is 0 Å². The quantitative estimate of drug-likeness (QED) is 0.871. The fourth-order valence-corrected chi connectivity index (χ4v) is 4.55. The highest BCUT2D eigenvalue weighted by Gasteiger charge is 2.30. The number of piperidine rings is 1. The van der Waals surface area contributed by atoms with E-state index in [0.29, 0.717) is 11.3 Å².